The normalized spacial score (nSPS) is 26.1. The monoisotopic (exact) mass is 438 g/mol. The van der Waals surface area contributed by atoms with Crippen molar-refractivity contribution in [1.82, 2.24) is 9.80 Å². The van der Waals surface area contributed by atoms with Crippen LogP contribution in [0.15, 0.2) is 42.5 Å². The Morgan fingerprint density at radius 1 is 1.00 bits per heavy atom. The number of hydrogen-bond donors (Lipinski definition) is 1. The molecule has 29 heavy (non-hydrogen) atoms. The number of likely N-dealkylation sites (tertiary alicyclic amines) is 1. The van der Waals surface area contributed by atoms with Gasteiger partial charge in [0, 0.05) is 25.0 Å². The van der Waals surface area contributed by atoms with Crippen molar-refractivity contribution in [3.8, 4) is 0 Å². The van der Waals surface area contributed by atoms with Gasteiger partial charge in [-0.1, -0.05) is 55.3 Å². The predicted octanol–water partition coefficient (Wildman–Crippen LogP) is 4.95. The smallest absolute Gasteiger partial charge is 0.0574 e. The minimum atomic E-state index is -0.150. The zero-order valence-electron chi connectivity index (χ0n) is 17.7. The summed E-state index contributed by atoms with van der Waals surface area (Å²) in [6, 6.07) is 16.2. The number of likely N-dealkylation sites (N-methyl/N-ethyl adjacent to an activating group) is 1. The van der Waals surface area contributed by atoms with Crippen molar-refractivity contribution in [2.45, 2.75) is 50.2 Å². The molecule has 1 heterocycles. The van der Waals surface area contributed by atoms with Crippen molar-refractivity contribution in [1.29, 1.82) is 0 Å². The van der Waals surface area contributed by atoms with Gasteiger partial charge in [0.2, 0.25) is 0 Å². The molecule has 0 aromatic heterocycles. The molecule has 1 aliphatic carbocycles. The van der Waals surface area contributed by atoms with Crippen LogP contribution in [-0.2, 0) is 0 Å². The first-order chi connectivity index (χ1) is 13.1. The lowest BCUT2D eigenvalue weighted by Gasteiger charge is -2.37. The van der Waals surface area contributed by atoms with Gasteiger partial charge in [-0.2, -0.15) is 0 Å². The van der Waals surface area contributed by atoms with Crippen LogP contribution in [0.2, 0.25) is 0 Å². The fraction of sp³-hybridized carbons (Fsp3) is 0.583. The number of halogens is 2. The first kappa shape index (κ1) is 24.4. The fourth-order valence-electron chi connectivity index (χ4n) is 5.21. The van der Waals surface area contributed by atoms with Gasteiger partial charge in [0.05, 0.1) is 6.10 Å². The number of nitrogens with zero attached hydrogens (tertiary/aromatic N) is 2. The molecule has 2 aliphatic rings. The van der Waals surface area contributed by atoms with Crippen LogP contribution in [0.4, 0.5) is 0 Å². The number of aliphatic hydroxyl groups is 1. The minimum Gasteiger partial charge on any atom is -0.393 e. The molecule has 1 aliphatic heterocycles. The molecule has 3 unspecified atom stereocenters. The van der Waals surface area contributed by atoms with Gasteiger partial charge in [-0.15, -0.1) is 24.8 Å². The molecule has 1 saturated carbocycles. The Kier molecular flexibility index (Phi) is 9.24. The van der Waals surface area contributed by atoms with E-state index in [0.29, 0.717) is 17.9 Å². The van der Waals surface area contributed by atoms with Crippen molar-refractivity contribution in [2.75, 3.05) is 33.7 Å². The van der Waals surface area contributed by atoms with E-state index in [9.17, 15) is 5.11 Å². The van der Waals surface area contributed by atoms with Gasteiger partial charge in [-0.25, -0.2) is 0 Å². The Labute approximate surface area is 188 Å². The van der Waals surface area contributed by atoms with E-state index < -0.39 is 0 Å². The Bertz CT molecular complexity index is 769. The summed E-state index contributed by atoms with van der Waals surface area (Å²) in [5, 5.41) is 13.4. The highest BCUT2D eigenvalue weighted by Crippen LogP contribution is 2.38. The maximum atomic E-state index is 10.8. The third kappa shape index (κ3) is 5.65. The van der Waals surface area contributed by atoms with Gasteiger partial charge in [0.15, 0.2) is 0 Å². The summed E-state index contributed by atoms with van der Waals surface area (Å²) in [5.74, 6) is 0.809. The molecule has 0 radical (unpaired) electrons. The number of rotatable bonds is 5. The molecule has 4 rings (SSSR count). The first-order valence-electron chi connectivity index (χ1n) is 10.7. The molecular weight excluding hydrogens is 403 g/mol. The largest absolute Gasteiger partial charge is 0.393 e. The van der Waals surface area contributed by atoms with E-state index in [2.05, 4.69) is 66.4 Å². The molecular formula is C24H36Cl2N2O. The molecule has 0 amide bonds. The second kappa shape index (κ2) is 11.0. The number of hydrogen-bond acceptors (Lipinski definition) is 3. The third-order valence-corrected chi connectivity index (χ3v) is 6.93. The number of fused-ring (bicyclic) bond motifs is 1. The van der Waals surface area contributed by atoms with Gasteiger partial charge in [-0.05, 0) is 62.2 Å². The molecule has 2 fully saturated rings. The molecule has 0 bridgehead atoms. The quantitative estimate of drug-likeness (QED) is 0.714. The molecule has 4 atom stereocenters. The maximum Gasteiger partial charge on any atom is 0.0574 e. The number of aliphatic hydroxyl groups excluding tert-OH is 1. The second-order valence-corrected chi connectivity index (χ2v) is 8.89. The van der Waals surface area contributed by atoms with Crippen molar-refractivity contribution in [2.24, 2.45) is 5.92 Å². The lowest BCUT2D eigenvalue weighted by molar-refractivity contribution is 0.0473. The van der Waals surface area contributed by atoms with E-state index in [4.69, 9.17) is 0 Å². The third-order valence-electron chi connectivity index (χ3n) is 6.93. The Morgan fingerprint density at radius 3 is 2.41 bits per heavy atom. The van der Waals surface area contributed by atoms with E-state index in [1.54, 1.807) is 0 Å². The number of benzene rings is 2. The van der Waals surface area contributed by atoms with Gasteiger partial charge in [0.1, 0.15) is 0 Å². The highest BCUT2D eigenvalue weighted by atomic mass is 35.5. The summed E-state index contributed by atoms with van der Waals surface area (Å²) >= 11 is 0. The molecule has 1 saturated heterocycles. The van der Waals surface area contributed by atoms with Gasteiger partial charge < -0.3 is 14.9 Å². The van der Waals surface area contributed by atoms with E-state index in [-0.39, 0.29) is 30.9 Å². The summed E-state index contributed by atoms with van der Waals surface area (Å²) in [6.07, 6.45) is 5.66. The van der Waals surface area contributed by atoms with E-state index in [1.807, 2.05) is 0 Å². The van der Waals surface area contributed by atoms with Crippen molar-refractivity contribution in [3.05, 3.63) is 48.0 Å². The molecule has 162 valence electrons. The van der Waals surface area contributed by atoms with Crippen LogP contribution in [0.25, 0.3) is 10.8 Å². The zero-order chi connectivity index (χ0) is 18.8. The van der Waals surface area contributed by atoms with Crippen molar-refractivity contribution >= 4 is 35.6 Å². The average Bonchev–Trinajstić information content (AvgIpc) is 3.15. The fourth-order valence-corrected chi connectivity index (χ4v) is 5.21. The summed E-state index contributed by atoms with van der Waals surface area (Å²) in [4.78, 5) is 4.99. The average molecular weight is 439 g/mol. The summed E-state index contributed by atoms with van der Waals surface area (Å²) < 4.78 is 0. The predicted molar refractivity (Wildman–Crippen MR) is 128 cm³/mol. The van der Waals surface area contributed by atoms with Crippen LogP contribution in [0.1, 0.15) is 43.6 Å². The van der Waals surface area contributed by atoms with Crippen LogP contribution in [0.3, 0.4) is 0 Å². The molecule has 3 nitrogen and oxygen atoms in total. The molecule has 5 heteroatoms. The van der Waals surface area contributed by atoms with Gasteiger partial charge in [0.25, 0.3) is 0 Å². The van der Waals surface area contributed by atoms with Crippen LogP contribution in [-0.4, -0.2) is 60.8 Å². The van der Waals surface area contributed by atoms with E-state index >= 15 is 0 Å². The second-order valence-electron chi connectivity index (χ2n) is 8.89. The first-order valence-corrected chi connectivity index (χ1v) is 10.7. The summed E-state index contributed by atoms with van der Waals surface area (Å²) in [6.45, 7) is 3.40. The van der Waals surface area contributed by atoms with E-state index in [1.165, 1.54) is 42.1 Å². The SMILES string of the molecule is CN(C)[C@@H]1CCN(CC(c2ccc3ccccc3c2)C2CCCCC2O)C1.Cl.Cl. The Balaban J connectivity index is 0.00000150. The highest BCUT2D eigenvalue weighted by Gasteiger charge is 2.34. The molecule has 0 spiro atoms. The molecule has 2 aromatic rings. The van der Waals surface area contributed by atoms with Crippen molar-refractivity contribution < 1.29 is 5.11 Å². The van der Waals surface area contributed by atoms with Crippen LogP contribution in [0, 0.1) is 5.92 Å². The van der Waals surface area contributed by atoms with Crippen LogP contribution < -0.4 is 0 Å². The lowest BCUT2D eigenvalue weighted by atomic mass is 9.74. The molecule has 2 aromatic carbocycles. The topological polar surface area (TPSA) is 26.7 Å². The zero-order valence-corrected chi connectivity index (χ0v) is 19.3. The van der Waals surface area contributed by atoms with Crippen LogP contribution >= 0.6 is 24.8 Å². The standard InChI is InChI=1S/C24H34N2O.2ClH/c1-25(2)21-13-14-26(16-21)17-23(22-9-5-6-10-24(22)27)20-12-11-18-7-3-4-8-19(18)15-20;;/h3-4,7-8,11-12,15,21-24,27H,5-6,9-10,13-14,16-17H2,1-2H3;2*1H/t21-,22?,23?,24?;;/m1../s1. The maximum absolute atomic E-state index is 10.8. The minimum absolute atomic E-state index is 0. The van der Waals surface area contributed by atoms with Gasteiger partial charge in [-0.3, -0.25) is 0 Å². The summed E-state index contributed by atoms with van der Waals surface area (Å²) in [5.41, 5.74) is 1.41. The van der Waals surface area contributed by atoms with Crippen molar-refractivity contribution in [3.63, 3.8) is 0 Å². The van der Waals surface area contributed by atoms with Gasteiger partial charge >= 0.3 is 0 Å². The van der Waals surface area contributed by atoms with E-state index in [0.717, 1.165) is 25.9 Å². The Hall–Kier alpha value is -0.840. The van der Waals surface area contributed by atoms with Crippen LogP contribution in [0.5, 0.6) is 0 Å². The highest BCUT2D eigenvalue weighted by molar-refractivity contribution is 5.85. The lowest BCUT2D eigenvalue weighted by Crippen LogP contribution is -2.38. The Morgan fingerprint density at radius 2 is 1.72 bits per heavy atom. The summed E-state index contributed by atoms with van der Waals surface area (Å²) in [7, 11) is 4.39. The molecule has 1 N–H and O–H groups in total.